The van der Waals surface area contributed by atoms with Crippen molar-refractivity contribution in [2.45, 2.75) is 25.9 Å². The molecule has 7 heteroatoms. The Morgan fingerprint density at radius 2 is 1.59 bits per heavy atom. The highest BCUT2D eigenvalue weighted by Gasteiger charge is 2.23. The summed E-state index contributed by atoms with van der Waals surface area (Å²) in [7, 11) is 0. The average molecular weight is 363 g/mol. The summed E-state index contributed by atoms with van der Waals surface area (Å²) in [5.74, 6) is 2.60. The summed E-state index contributed by atoms with van der Waals surface area (Å²) < 4.78 is 12.0. The lowest BCUT2D eigenvalue weighted by Crippen LogP contribution is -2.39. The monoisotopic (exact) mass is 363 g/mol. The number of hydrogen-bond donors (Lipinski definition) is 0. The van der Waals surface area contributed by atoms with Gasteiger partial charge >= 0.3 is 0 Å². The highest BCUT2D eigenvalue weighted by molar-refractivity contribution is 5.36. The molecule has 0 bridgehead atoms. The van der Waals surface area contributed by atoms with Gasteiger partial charge in [-0.15, -0.1) is 0 Å². The summed E-state index contributed by atoms with van der Waals surface area (Å²) in [5.41, 5.74) is 0.801. The van der Waals surface area contributed by atoms with Gasteiger partial charge in [0.05, 0.1) is 5.56 Å². The second kappa shape index (κ2) is 7.99. The van der Waals surface area contributed by atoms with Gasteiger partial charge in [-0.3, -0.25) is 0 Å². The minimum Gasteiger partial charge on any atom is -0.474 e. The fraction of sp³-hybridized carbons (Fsp3) is 0.300. The molecule has 0 saturated carbocycles. The molecule has 7 nitrogen and oxygen atoms in total. The van der Waals surface area contributed by atoms with E-state index >= 15 is 0 Å². The molecule has 0 aliphatic carbocycles. The van der Waals surface area contributed by atoms with Gasteiger partial charge in [-0.1, -0.05) is 18.2 Å². The number of aromatic nitrogens is 4. The van der Waals surface area contributed by atoms with E-state index in [0.29, 0.717) is 11.8 Å². The van der Waals surface area contributed by atoms with Crippen molar-refractivity contribution in [2.24, 2.45) is 0 Å². The quantitative estimate of drug-likeness (QED) is 0.688. The van der Waals surface area contributed by atoms with Crippen LogP contribution in [0.4, 0.5) is 5.95 Å². The summed E-state index contributed by atoms with van der Waals surface area (Å²) in [5, 5.41) is 0. The van der Waals surface area contributed by atoms with Crippen molar-refractivity contribution >= 4 is 5.95 Å². The van der Waals surface area contributed by atoms with E-state index in [0.717, 1.165) is 43.2 Å². The van der Waals surface area contributed by atoms with Crippen LogP contribution in [0, 0.1) is 6.92 Å². The second-order valence-electron chi connectivity index (χ2n) is 6.38. The number of anilines is 1. The Labute approximate surface area is 158 Å². The largest absolute Gasteiger partial charge is 0.474 e. The lowest BCUT2D eigenvalue weighted by atomic mass is 10.1. The van der Waals surface area contributed by atoms with E-state index < -0.39 is 0 Å². The zero-order chi connectivity index (χ0) is 18.5. The van der Waals surface area contributed by atoms with Crippen molar-refractivity contribution in [2.75, 3.05) is 18.0 Å². The molecule has 1 fully saturated rings. The van der Waals surface area contributed by atoms with Gasteiger partial charge in [-0.25, -0.2) is 19.9 Å². The maximum atomic E-state index is 6.15. The molecule has 1 saturated heterocycles. The summed E-state index contributed by atoms with van der Waals surface area (Å²) in [4.78, 5) is 19.3. The molecule has 0 amide bonds. The molecule has 0 radical (unpaired) electrons. The molecule has 27 heavy (non-hydrogen) atoms. The molecule has 138 valence electrons. The van der Waals surface area contributed by atoms with E-state index in [1.54, 1.807) is 12.4 Å². The predicted molar refractivity (Wildman–Crippen MR) is 101 cm³/mol. The third kappa shape index (κ3) is 4.13. The first-order chi connectivity index (χ1) is 13.3. The average Bonchev–Trinajstić information content (AvgIpc) is 2.73. The van der Waals surface area contributed by atoms with Crippen molar-refractivity contribution in [3.63, 3.8) is 0 Å². The lowest BCUT2D eigenvalue weighted by molar-refractivity contribution is 0.161. The Morgan fingerprint density at radius 1 is 0.889 bits per heavy atom. The van der Waals surface area contributed by atoms with Crippen LogP contribution in [0.25, 0.3) is 0 Å². The third-order valence-corrected chi connectivity index (χ3v) is 4.50. The van der Waals surface area contributed by atoms with Gasteiger partial charge in [-0.05, 0) is 25.1 Å². The number of piperidine rings is 1. The molecular weight excluding hydrogens is 342 g/mol. The Hall–Kier alpha value is -3.22. The molecule has 1 aromatic carbocycles. The van der Waals surface area contributed by atoms with Crippen molar-refractivity contribution in [3.8, 4) is 17.5 Å². The van der Waals surface area contributed by atoms with Gasteiger partial charge in [0.2, 0.25) is 17.7 Å². The minimum atomic E-state index is 0.100. The maximum Gasteiger partial charge on any atom is 0.229 e. The lowest BCUT2D eigenvalue weighted by Gasteiger charge is -2.32. The van der Waals surface area contributed by atoms with Crippen LogP contribution in [0.5, 0.6) is 17.5 Å². The molecule has 0 spiro atoms. The van der Waals surface area contributed by atoms with Gasteiger partial charge in [-0.2, -0.15) is 0 Å². The van der Waals surface area contributed by atoms with Crippen molar-refractivity contribution in [1.82, 2.24) is 19.9 Å². The first-order valence-electron chi connectivity index (χ1n) is 9.03. The summed E-state index contributed by atoms with van der Waals surface area (Å²) in [6, 6.07) is 11.4. The zero-order valence-electron chi connectivity index (χ0n) is 15.2. The standard InChI is InChI=1S/C20H21N5O2/c1-15-18(26-16-6-3-2-4-7-16)23-14-24-19(15)27-17-8-12-25(13-9-17)20-21-10-5-11-22-20/h2-7,10-11,14,17H,8-9,12-13H2,1H3. The number of rotatable bonds is 5. The normalized spacial score (nSPS) is 14.8. The van der Waals surface area contributed by atoms with Crippen LogP contribution in [0.2, 0.25) is 0 Å². The van der Waals surface area contributed by atoms with Gasteiger partial charge < -0.3 is 14.4 Å². The second-order valence-corrected chi connectivity index (χ2v) is 6.38. The number of ether oxygens (including phenoxy) is 2. The predicted octanol–water partition coefficient (Wildman–Crippen LogP) is 3.42. The number of para-hydroxylation sites is 1. The zero-order valence-corrected chi connectivity index (χ0v) is 15.2. The van der Waals surface area contributed by atoms with Gasteiger partial charge in [0.15, 0.2) is 0 Å². The van der Waals surface area contributed by atoms with Crippen LogP contribution in [0.15, 0.2) is 55.1 Å². The van der Waals surface area contributed by atoms with Crippen molar-refractivity contribution < 1.29 is 9.47 Å². The molecule has 0 N–H and O–H groups in total. The van der Waals surface area contributed by atoms with Crippen LogP contribution in [0.1, 0.15) is 18.4 Å². The topological polar surface area (TPSA) is 73.3 Å². The smallest absolute Gasteiger partial charge is 0.229 e. The molecular formula is C20H21N5O2. The van der Waals surface area contributed by atoms with Crippen molar-refractivity contribution in [3.05, 3.63) is 60.7 Å². The van der Waals surface area contributed by atoms with Gasteiger partial charge in [0.1, 0.15) is 18.2 Å². The Morgan fingerprint density at radius 3 is 2.33 bits per heavy atom. The highest BCUT2D eigenvalue weighted by Crippen LogP contribution is 2.29. The van der Waals surface area contributed by atoms with E-state index in [2.05, 4.69) is 24.8 Å². The molecule has 3 aromatic rings. The van der Waals surface area contributed by atoms with Crippen molar-refractivity contribution in [1.29, 1.82) is 0 Å². The summed E-state index contributed by atoms with van der Waals surface area (Å²) in [6.45, 7) is 3.62. The fourth-order valence-electron chi connectivity index (χ4n) is 3.03. The van der Waals surface area contributed by atoms with Crippen LogP contribution < -0.4 is 14.4 Å². The number of benzene rings is 1. The van der Waals surface area contributed by atoms with E-state index in [9.17, 15) is 0 Å². The SMILES string of the molecule is Cc1c(Oc2ccccc2)ncnc1OC1CCN(c2ncccn2)CC1. The molecule has 2 aromatic heterocycles. The van der Waals surface area contributed by atoms with E-state index in [1.807, 2.05) is 43.3 Å². The van der Waals surface area contributed by atoms with Crippen LogP contribution in [0.3, 0.4) is 0 Å². The number of nitrogens with zero attached hydrogens (tertiary/aromatic N) is 5. The van der Waals surface area contributed by atoms with Crippen LogP contribution in [-0.2, 0) is 0 Å². The van der Waals surface area contributed by atoms with E-state index in [-0.39, 0.29) is 6.10 Å². The minimum absolute atomic E-state index is 0.100. The molecule has 1 aliphatic rings. The van der Waals surface area contributed by atoms with E-state index in [4.69, 9.17) is 9.47 Å². The first-order valence-corrected chi connectivity index (χ1v) is 9.03. The maximum absolute atomic E-state index is 6.15. The van der Waals surface area contributed by atoms with E-state index in [1.165, 1.54) is 6.33 Å². The molecule has 3 heterocycles. The highest BCUT2D eigenvalue weighted by atomic mass is 16.5. The Bertz CT molecular complexity index is 868. The molecule has 4 rings (SSSR count). The first kappa shape index (κ1) is 17.2. The van der Waals surface area contributed by atoms with Gasteiger partial charge in [0.25, 0.3) is 0 Å². The molecule has 0 atom stereocenters. The van der Waals surface area contributed by atoms with Gasteiger partial charge in [0, 0.05) is 38.3 Å². The van der Waals surface area contributed by atoms with Crippen LogP contribution in [-0.4, -0.2) is 39.1 Å². The molecule has 1 aliphatic heterocycles. The Balaban J connectivity index is 1.39. The number of hydrogen-bond acceptors (Lipinski definition) is 7. The Kier molecular flexibility index (Phi) is 5.09. The summed E-state index contributed by atoms with van der Waals surface area (Å²) in [6.07, 6.45) is 6.89. The third-order valence-electron chi connectivity index (χ3n) is 4.50. The fourth-order valence-corrected chi connectivity index (χ4v) is 3.03. The summed E-state index contributed by atoms with van der Waals surface area (Å²) >= 11 is 0. The molecule has 0 unspecified atom stereocenters. The van der Waals surface area contributed by atoms with Crippen LogP contribution >= 0.6 is 0 Å².